The third kappa shape index (κ3) is 4.03. The molecule has 3 heterocycles. The van der Waals surface area contributed by atoms with Gasteiger partial charge in [0.15, 0.2) is 11.5 Å². The molecule has 11 nitrogen and oxygen atoms in total. The molecular weight excluding hydrogens is 443 g/mol. The fraction of sp³-hybridized carbons (Fsp3) is 0.318. The summed E-state index contributed by atoms with van der Waals surface area (Å²) < 4.78 is 15.1. The van der Waals surface area contributed by atoms with Gasteiger partial charge in [-0.2, -0.15) is 9.65 Å². The van der Waals surface area contributed by atoms with Crippen LogP contribution in [0.3, 0.4) is 0 Å². The van der Waals surface area contributed by atoms with E-state index in [1.807, 2.05) is 6.07 Å². The maximum atomic E-state index is 13.8. The average Bonchev–Trinajstić information content (AvgIpc) is 3.54. The maximum Gasteiger partial charge on any atom is 0.413 e. The van der Waals surface area contributed by atoms with Gasteiger partial charge in [-0.25, -0.2) is 14.5 Å². The number of aryl methyl sites for hydroxylation is 2. The van der Waals surface area contributed by atoms with Crippen molar-refractivity contribution < 1.29 is 19.1 Å². The summed E-state index contributed by atoms with van der Waals surface area (Å²) in [6.07, 6.45) is 2.50. The average molecular weight is 464 g/mol. The van der Waals surface area contributed by atoms with Crippen molar-refractivity contribution in [2.75, 3.05) is 10.2 Å². The monoisotopic (exact) mass is 464 g/mol. The Morgan fingerprint density at radius 3 is 2.65 bits per heavy atom. The van der Waals surface area contributed by atoms with Crippen LogP contribution in [0.5, 0.6) is 0 Å². The molecule has 4 rings (SSSR count). The fourth-order valence-electron chi connectivity index (χ4n) is 3.70. The standard InChI is InChI=1S/C22H21FN8O3/c1-12-9-26-17(23)8-15(12)13(2)31(21(33)34)19-18(28-29-30(19)3)16-5-4-14(10-25-16)27-20(32)22(11-24)6-7-22/h4-5,8-10,13H,6-7H2,1-3H3,(H,27,32)(H,33,34). The van der Waals surface area contributed by atoms with Crippen LogP contribution in [0, 0.1) is 29.6 Å². The highest BCUT2D eigenvalue weighted by Crippen LogP contribution is 2.45. The van der Waals surface area contributed by atoms with Crippen LogP contribution in [-0.4, -0.2) is 42.1 Å². The van der Waals surface area contributed by atoms with Crippen LogP contribution < -0.4 is 10.2 Å². The van der Waals surface area contributed by atoms with E-state index in [0.717, 1.165) is 4.90 Å². The first-order valence-electron chi connectivity index (χ1n) is 10.4. The second-order valence-corrected chi connectivity index (χ2v) is 8.16. The van der Waals surface area contributed by atoms with Gasteiger partial charge >= 0.3 is 6.09 Å². The summed E-state index contributed by atoms with van der Waals surface area (Å²) in [6, 6.07) is 5.60. The smallest absolute Gasteiger partial charge is 0.413 e. The summed E-state index contributed by atoms with van der Waals surface area (Å²) in [6.45, 7) is 3.34. The number of hydrogen-bond donors (Lipinski definition) is 2. The van der Waals surface area contributed by atoms with Gasteiger partial charge < -0.3 is 10.4 Å². The number of amides is 2. The Kier molecular flexibility index (Phi) is 5.70. The summed E-state index contributed by atoms with van der Waals surface area (Å²) in [7, 11) is 1.54. The minimum absolute atomic E-state index is 0.141. The third-order valence-corrected chi connectivity index (χ3v) is 5.84. The topological polar surface area (TPSA) is 150 Å². The molecule has 1 aliphatic rings. The Labute approximate surface area is 193 Å². The number of nitriles is 1. The molecule has 2 amide bonds. The molecule has 12 heteroatoms. The number of carbonyl (C=O) groups is 2. The molecule has 1 atom stereocenters. The molecule has 1 aliphatic carbocycles. The van der Waals surface area contributed by atoms with Gasteiger partial charge in [-0.1, -0.05) is 5.21 Å². The highest BCUT2D eigenvalue weighted by molar-refractivity contribution is 5.99. The Bertz CT molecular complexity index is 1310. The van der Waals surface area contributed by atoms with E-state index >= 15 is 0 Å². The molecule has 1 fully saturated rings. The van der Waals surface area contributed by atoms with Crippen LogP contribution in [0.1, 0.15) is 36.9 Å². The lowest BCUT2D eigenvalue weighted by Crippen LogP contribution is -2.34. The van der Waals surface area contributed by atoms with Crippen molar-refractivity contribution in [3.8, 4) is 17.5 Å². The predicted octanol–water partition coefficient (Wildman–Crippen LogP) is 3.21. The summed E-state index contributed by atoms with van der Waals surface area (Å²) in [5, 5.41) is 29.9. The molecule has 0 saturated heterocycles. The van der Waals surface area contributed by atoms with E-state index in [2.05, 4.69) is 25.6 Å². The summed E-state index contributed by atoms with van der Waals surface area (Å²) in [4.78, 5) is 33.5. The SMILES string of the molecule is Cc1cnc(F)cc1C(C)N(C(=O)O)c1c(-c2ccc(NC(=O)C3(C#N)CC3)cn2)nnn1C. The predicted molar refractivity (Wildman–Crippen MR) is 118 cm³/mol. The first-order chi connectivity index (χ1) is 16.2. The van der Waals surface area contributed by atoms with Crippen LogP contribution >= 0.6 is 0 Å². The van der Waals surface area contributed by atoms with Crippen molar-refractivity contribution in [1.29, 1.82) is 5.26 Å². The van der Waals surface area contributed by atoms with Crippen LogP contribution in [0.4, 0.5) is 20.7 Å². The zero-order chi connectivity index (χ0) is 24.6. The minimum atomic E-state index is -1.29. The molecule has 3 aromatic heterocycles. The first kappa shape index (κ1) is 22.8. The van der Waals surface area contributed by atoms with Gasteiger partial charge in [0.05, 0.1) is 29.7 Å². The molecule has 1 unspecified atom stereocenters. The Balaban J connectivity index is 1.67. The summed E-state index contributed by atoms with van der Waals surface area (Å²) in [5.41, 5.74) is 1.00. The van der Waals surface area contributed by atoms with Crippen LogP contribution in [-0.2, 0) is 11.8 Å². The molecule has 3 aromatic rings. The fourth-order valence-corrected chi connectivity index (χ4v) is 3.70. The number of anilines is 2. The molecule has 0 radical (unpaired) electrons. The van der Waals surface area contributed by atoms with E-state index in [0.29, 0.717) is 35.3 Å². The van der Waals surface area contributed by atoms with E-state index in [1.54, 1.807) is 33.0 Å². The summed E-state index contributed by atoms with van der Waals surface area (Å²) in [5.74, 6) is -0.956. The van der Waals surface area contributed by atoms with E-state index in [9.17, 15) is 19.1 Å². The Morgan fingerprint density at radius 2 is 2.06 bits per heavy atom. The number of rotatable bonds is 6. The zero-order valence-corrected chi connectivity index (χ0v) is 18.7. The van der Waals surface area contributed by atoms with E-state index in [4.69, 9.17) is 5.26 Å². The lowest BCUT2D eigenvalue weighted by atomic mass is 10.0. The molecule has 0 aliphatic heterocycles. The van der Waals surface area contributed by atoms with Gasteiger partial charge in [-0.05, 0) is 56.0 Å². The molecule has 0 spiro atoms. The highest BCUT2D eigenvalue weighted by Gasteiger charge is 2.50. The van der Waals surface area contributed by atoms with Crippen molar-refractivity contribution in [2.24, 2.45) is 12.5 Å². The highest BCUT2D eigenvalue weighted by atomic mass is 19.1. The van der Waals surface area contributed by atoms with Gasteiger partial charge in [0.25, 0.3) is 0 Å². The number of aromatic nitrogens is 5. The number of pyridine rings is 2. The quantitative estimate of drug-likeness (QED) is 0.528. The van der Waals surface area contributed by atoms with E-state index < -0.39 is 23.5 Å². The number of carbonyl (C=O) groups excluding carboxylic acids is 1. The van der Waals surface area contributed by atoms with Gasteiger partial charge in [-0.3, -0.25) is 14.7 Å². The number of nitrogens with zero attached hydrogens (tertiary/aromatic N) is 7. The van der Waals surface area contributed by atoms with Crippen molar-refractivity contribution in [1.82, 2.24) is 25.0 Å². The molecule has 174 valence electrons. The molecule has 1 saturated carbocycles. The van der Waals surface area contributed by atoms with E-state index in [1.165, 1.54) is 23.1 Å². The number of carboxylic acid groups (broad SMARTS) is 1. The summed E-state index contributed by atoms with van der Waals surface area (Å²) >= 11 is 0. The molecule has 2 N–H and O–H groups in total. The van der Waals surface area contributed by atoms with Crippen LogP contribution in [0.2, 0.25) is 0 Å². The van der Waals surface area contributed by atoms with Gasteiger partial charge in [0, 0.05) is 13.2 Å². The van der Waals surface area contributed by atoms with Crippen LogP contribution in [0.25, 0.3) is 11.4 Å². The van der Waals surface area contributed by atoms with Gasteiger partial charge in [-0.15, -0.1) is 5.10 Å². The second kappa shape index (κ2) is 8.51. The normalized spacial score (nSPS) is 14.7. The minimum Gasteiger partial charge on any atom is -0.465 e. The number of halogens is 1. The second-order valence-electron chi connectivity index (χ2n) is 8.16. The van der Waals surface area contributed by atoms with Crippen molar-refractivity contribution in [3.63, 3.8) is 0 Å². The molecule has 0 aromatic carbocycles. The van der Waals surface area contributed by atoms with E-state index in [-0.39, 0.29) is 17.4 Å². The zero-order valence-electron chi connectivity index (χ0n) is 18.7. The molecule has 0 bridgehead atoms. The lowest BCUT2D eigenvalue weighted by Gasteiger charge is -2.27. The first-order valence-corrected chi connectivity index (χ1v) is 10.4. The molecule has 34 heavy (non-hydrogen) atoms. The Hall–Kier alpha value is -4.40. The largest absolute Gasteiger partial charge is 0.465 e. The van der Waals surface area contributed by atoms with Gasteiger partial charge in [0.1, 0.15) is 5.41 Å². The van der Waals surface area contributed by atoms with Crippen molar-refractivity contribution in [2.45, 2.75) is 32.7 Å². The number of nitrogens with one attached hydrogen (secondary N) is 1. The molecular formula is C22H21FN8O3. The van der Waals surface area contributed by atoms with Crippen molar-refractivity contribution in [3.05, 3.63) is 47.7 Å². The third-order valence-electron chi connectivity index (χ3n) is 5.84. The van der Waals surface area contributed by atoms with Crippen LogP contribution in [0.15, 0.2) is 30.6 Å². The van der Waals surface area contributed by atoms with Gasteiger partial charge in [0.2, 0.25) is 11.9 Å². The Morgan fingerprint density at radius 1 is 1.32 bits per heavy atom. The maximum absolute atomic E-state index is 13.8. The van der Waals surface area contributed by atoms with Crippen molar-refractivity contribution >= 4 is 23.5 Å². The number of hydrogen-bond acceptors (Lipinski definition) is 7. The lowest BCUT2D eigenvalue weighted by molar-refractivity contribution is -0.119.